The van der Waals surface area contributed by atoms with E-state index in [1.807, 2.05) is 0 Å². The van der Waals surface area contributed by atoms with Crippen molar-refractivity contribution in [1.29, 1.82) is 0 Å². The zero-order valence-corrected chi connectivity index (χ0v) is 18.7. The van der Waals surface area contributed by atoms with Crippen molar-refractivity contribution < 1.29 is 0 Å². The van der Waals surface area contributed by atoms with E-state index in [9.17, 15) is 0 Å². The van der Waals surface area contributed by atoms with Crippen LogP contribution in [-0.2, 0) is 0 Å². The predicted octanol–water partition coefficient (Wildman–Crippen LogP) is 5.28. The van der Waals surface area contributed by atoms with Gasteiger partial charge in [-0.05, 0) is 82.8 Å². The molecule has 1 aromatic carbocycles. The van der Waals surface area contributed by atoms with Gasteiger partial charge in [0.05, 0.1) is 0 Å². The Kier molecular flexibility index (Phi) is 6.80. The van der Waals surface area contributed by atoms with E-state index in [1.54, 1.807) is 0 Å². The Morgan fingerprint density at radius 1 is 1.04 bits per heavy atom. The molecule has 0 radical (unpaired) electrons. The molecule has 2 aliphatic rings. The van der Waals surface area contributed by atoms with Crippen LogP contribution >= 0.6 is 12.2 Å². The number of likely N-dealkylation sites (tertiary alicyclic amines) is 1. The quantitative estimate of drug-likeness (QED) is 0.711. The lowest BCUT2D eigenvalue weighted by Gasteiger charge is -2.44. The van der Waals surface area contributed by atoms with E-state index >= 15 is 0 Å². The molecule has 1 saturated heterocycles. The molecular weight excluding hydrogens is 350 g/mol. The summed E-state index contributed by atoms with van der Waals surface area (Å²) >= 11 is 5.76. The molecular formula is C23H37N3S. The Labute approximate surface area is 171 Å². The van der Waals surface area contributed by atoms with Crippen LogP contribution in [0.25, 0.3) is 0 Å². The van der Waals surface area contributed by atoms with Crippen molar-refractivity contribution in [3.05, 3.63) is 28.8 Å². The van der Waals surface area contributed by atoms with Gasteiger partial charge in [0, 0.05) is 30.9 Å². The Balaban J connectivity index is 1.55. The molecule has 1 heterocycles. The van der Waals surface area contributed by atoms with Gasteiger partial charge in [-0.25, -0.2) is 0 Å². The highest BCUT2D eigenvalue weighted by Crippen LogP contribution is 2.31. The minimum atomic E-state index is 0.706. The molecule has 0 spiro atoms. The maximum atomic E-state index is 5.76. The fraction of sp³-hybridized carbons (Fsp3) is 0.696. The zero-order chi connectivity index (χ0) is 19.6. The van der Waals surface area contributed by atoms with E-state index in [0.717, 1.165) is 30.2 Å². The van der Waals surface area contributed by atoms with Crippen molar-refractivity contribution in [3.8, 4) is 0 Å². The van der Waals surface area contributed by atoms with Gasteiger partial charge < -0.3 is 15.1 Å². The van der Waals surface area contributed by atoms with Crippen molar-refractivity contribution in [2.24, 2.45) is 5.92 Å². The van der Waals surface area contributed by atoms with Crippen LogP contribution in [0.3, 0.4) is 0 Å². The van der Waals surface area contributed by atoms with E-state index < -0.39 is 0 Å². The molecule has 2 atom stereocenters. The number of nitrogens with one attached hydrogen (secondary N) is 1. The van der Waals surface area contributed by atoms with Gasteiger partial charge in [0.15, 0.2) is 5.11 Å². The number of thiocarbonyl (C=S) groups is 1. The summed E-state index contributed by atoms with van der Waals surface area (Å²) in [5.41, 5.74) is 5.04. The Morgan fingerprint density at radius 3 is 2.22 bits per heavy atom. The van der Waals surface area contributed by atoms with Crippen LogP contribution < -0.4 is 5.32 Å². The molecule has 0 aromatic heterocycles. The van der Waals surface area contributed by atoms with E-state index in [2.05, 4.69) is 62.0 Å². The van der Waals surface area contributed by atoms with E-state index in [1.165, 1.54) is 60.9 Å². The van der Waals surface area contributed by atoms with Crippen LogP contribution in [-0.4, -0.2) is 47.1 Å². The number of aryl methyl sites for hydroxylation is 3. The molecule has 1 aromatic rings. The monoisotopic (exact) mass is 387 g/mol. The molecule has 27 heavy (non-hydrogen) atoms. The van der Waals surface area contributed by atoms with Gasteiger partial charge in [0.1, 0.15) is 0 Å². The maximum Gasteiger partial charge on any atom is 0.173 e. The lowest BCUT2D eigenvalue weighted by Crippen LogP contribution is -2.51. The molecule has 2 fully saturated rings. The highest BCUT2D eigenvalue weighted by atomic mass is 32.1. The SMILES string of the molecule is Cc1cc(C)c(NC(=S)N2CCC(N(C)[C@@H]3CCCC[C@H]3C)CC2)c(C)c1. The van der Waals surface area contributed by atoms with Crippen molar-refractivity contribution in [3.63, 3.8) is 0 Å². The van der Waals surface area contributed by atoms with E-state index in [4.69, 9.17) is 12.2 Å². The summed E-state index contributed by atoms with van der Waals surface area (Å²) in [6.07, 6.45) is 8.03. The summed E-state index contributed by atoms with van der Waals surface area (Å²) in [7, 11) is 2.36. The predicted molar refractivity (Wildman–Crippen MR) is 121 cm³/mol. The first kappa shape index (κ1) is 20.6. The lowest BCUT2D eigenvalue weighted by molar-refractivity contribution is 0.0691. The topological polar surface area (TPSA) is 18.5 Å². The summed E-state index contributed by atoms with van der Waals surface area (Å²) in [6, 6.07) is 5.94. The van der Waals surface area contributed by atoms with Crippen LogP contribution in [0, 0.1) is 26.7 Å². The lowest BCUT2D eigenvalue weighted by atomic mass is 9.84. The normalized spacial score (nSPS) is 24.3. The number of anilines is 1. The number of nitrogens with zero attached hydrogens (tertiary/aromatic N) is 2. The first-order chi connectivity index (χ1) is 12.9. The molecule has 0 unspecified atom stereocenters. The molecule has 0 amide bonds. The largest absolute Gasteiger partial charge is 0.349 e. The van der Waals surface area contributed by atoms with Gasteiger partial charge in [-0.3, -0.25) is 0 Å². The summed E-state index contributed by atoms with van der Waals surface area (Å²) in [4.78, 5) is 5.06. The van der Waals surface area contributed by atoms with Crippen LogP contribution in [0.4, 0.5) is 5.69 Å². The van der Waals surface area contributed by atoms with Gasteiger partial charge in [0.25, 0.3) is 0 Å². The van der Waals surface area contributed by atoms with Crippen LogP contribution in [0.15, 0.2) is 12.1 Å². The van der Waals surface area contributed by atoms with Crippen LogP contribution in [0.1, 0.15) is 62.1 Å². The number of hydrogen-bond donors (Lipinski definition) is 1. The van der Waals surface area contributed by atoms with Gasteiger partial charge in [-0.1, -0.05) is 37.5 Å². The average Bonchev–Trinajstić information content (AvgIpc) is 2.64. The van der Waals surface area contributed by atoms with E-state index in [0.29, 0.717) is 6.04 Å². The molecule has 150 valence electrons. The molecule has 4 heteroatoms. The first-order valence-corrected chi connectivity index (χ1v) is 11.1. The Hall–Kier alpha value is -1.13. The molecule has 1 aliphatic carbocycles. The van der Waals surface area contributed by atoms with Crippen LogP contribution in [0.2, 0.25) is 0 Å². The highest BCUT2D eigenvalue weighted by molar-refractivity contribution is 7.80. The molecule has 1 aliphatic heterocycles. The highest BCUT2D eigenvalue weighted by Gasteiger charge is 2.31. The first-order valence-electron chi connectivity index (χ1n) is 10.7. The third kappa shape index (κ3) is 4.83. The van der Waals surface area contributed by atoms with Crippen molar-refractivity contribution >= 4 is 23.0 Å². The number of piperidine rings is 1. The van der Waals surface area contributed by atoms with Crippen molar-refractivity contribution in [2.45, 2.75) is 78.3 Å². The average molecular weight is 388 g/mol. The molecule has 3 nitrogen and oxygen atoms in total. The fourth-order valence-corrected chi connectivity index (χ4v) is 5.50. The standard InChI is InChI=1S/C23H37N3S/c1-16-14-18(3)22(19(4)15-16)24-23(27)26-12-10-20(11-13-26)25(5)21-9-7-6-8-17(21)2/h14-15,17,20-21H,6-13H2,1-5H3,(H,24,27)/t17-,21-/m1/s1. The molecule has 1 N–H and O–H groups in total. The number of benzene rings is 1. The summed E-state index contributed by atoms with van der Waals surface area (Å²) in [6.45, 7) is 11.0. The molecule has 3 rings (SSSR count). The molecule has 0 bridgehead atoms. The second kappa shape index (κ2) is 8.91. The second-order valence-corrected chi connectivity index (χ2v) is 9.30. The van der Waals surface area contributed by atoms with Crippen LogP contribution in [0.5, 0.6) is 0 Å². The molecule has 1 saturated carbocycles. The van der Waals surface area contributed by atoms with Crippen molar-refractivity contribution in [1.82, 2.24) is 9.80 Å². The number of rotatable bonds is 3. The minimum Gasteiger partial charge on any atom is -0.349 e. The van der Waals surface area contributed by atoms with Gasteiger partial charge in [-0.2, -0.15) is 0 Å². The minimum absolute atomic E-state index is 0.706. The third-order valence-electron chi connectivity index (χ3n) is 6.83. The van der Waals surface area contributed by atoms with Gasteiger partial charge in [0.2, 0.25) is 0 Å². The summed E-state index contributed by atoms with van der Waals surface area (Å²) in [5.74, 6) is 0.844. The van der Waals surface area contributed by atoms with Gasteiger partial charge >= 0.3 is 0 Å². The van der Waals surface area contributed by atoms with Gasteiger partial charge in [-0.15, -0.1) is 0 Å². The third-order valence-corrected chi connectivity index (χ3v) is 7.19. The van der Waals surface area contributed by atoms with E-state index in [-0.39, 0.29) is 0 Å². The fourth-order valence-electron chi connectivity index (χ4n) is 5.21. The summed E-state index contributed by atoms with van der Waals surface area (Å²) < 4.78 is 0. The summed E-state index contributed by atoms with van der Waals surface area (Å²) in [5, 5.41) is 4.42. The smallest absolute Gasteiger partial charge is 0.173 e. The number of hydrogen-bond acceptors (Lipinski definition) is 2. The Morgan fingerprint density at radius 2 is 1.63 bits per heavy atom. The van der Waals surface area contributed by atoms with Crippen molar-refractivity contribution in [2.75, 3.05) is 25.5 Å². The maximum absolute atomic E-state index is 5.76. The Bertz CT molecular complexity index is 641. The second-order valence-electron chi connectivity index (χ2n) is 8.92. The zero-order valence-electron chi connectivity index (χ0n) is 17.8.